The Morgan fingerprint density at radius 2 is 2.20 bits per heavy atom. The zero-order chi connectivity index (χ0) is 7.56. The van der Waals surface area contributed by atoms with Crippen LogP contribution in [0.5, 0.6) is 0 Å². The van der Waals surface area contributed by atoms with E-state index in [9.17, 15) is 0 Å². The normalized spacial score (nSPS) is 33.8. The van der Waals surface area contributed by atoms with Gasteiger partial charge in [0.05, 0.1) is 0 Å². The average Bonchev–Trinajstić information content (AvgIpc) is 1.88. The Kier molecular flexibility index (Phi) is 2.50. The van der Waals surface area contributed by atoms with Gasteiger partial charge in [-0.15, -0.1) is 0 Å². The summed E-state index contributed by atoms with van der Waals surface area (Å²) in [6.45, 7) is 8.30. The van der Waals surface area contributed by atoms with Crippen molar-refractivity contribution in [1.82, 2.24) is 5.32 Å². The zero-order valence-electron chi connectivity index (χ0n) is 6.98. The molecule has 0 bridgehead atoms. The maximum atomic E-state index is 3.95. The lowest BCUT2D eigenvalue weighted by molar-refractivity contribution is 0.365. The summed E-state index contributed by atoms with van der Waals surface area (Å²) < 4.78 is 0. The van der Waals surface area contributed by atoms with Crippen LogP contribution in [0.4, 0.5) is 0 Å². The SMILES string of the molecule is C=C(C)C1CCCC(C)N1. The maximum absolute atomic E-state index is 3.95. The van der Waals surface area contributed by atoms with Gasteiger partial charge in [0.2, 0.25) is 0 Å². The molecule has 1 nitrogen and oxygen atoms in total. The molecule has 1 rings (SSSR count). The van der Waals surface area contributed by atoms with E-state index in [0.717, 1.165) is 0 Å². The highest BCUT2D eigenvalue weighted by molar-refractivity contribution is 5.03. The topological polar surface area (TPSA) is 12.0 Å². The van der Waals surface area contributed by atoms with Crippen LogP contribution < -0.4 is 5.32 Å². The van der Waals surface area contributed by atoms with Gasteiger partial charge >= 0.3 is 0 Å². The van der Waals surface area contributed by atoms with Crippen molar-refractivity contribution in [1.29, 1.82) is 0 Å². The third-order valence-corrected chi connectivity index (χ3v) is 2.21. The molecule has 1 N–H and O–H groups in total. The molecule has 10 heavy (non-hydrogen) atoms. The molecule has 1 heteroatoms. The second-order valence-electron chi connectivity index (χ2n) is 3.40. The summed E-state index contributed by atoms with van der Waals surface area (Å²) in [4.78, 5) is 0. The molecule has 1 aliphatic heterocycles. The Labute approximate surface area is 63.5 Å². The summed E-state index contributed by atoms with van der Waals surface area (Å²) in [5.74, 6) is 0. The lowest BCUT2D eigenvalue weighted by Gasteiger charge is -2.28. The van der Waals surface area contributed by atoms with Crippen LogP contribution in [0, 0.1) is 0 Å². The smallest absolute Gasteiger partial charge is 0.0276 e. The first-order valence-corrected chi connectivity index (χ1v) is 4.11. The molecule has 0 aromatic heterocycles. The summed E-state index contributed by atoms with van der Waals surface area (Å²) in [7, 11) is 0. The highest BCUT2D eigenvalue weighted by Gasteiger charge is 2.17. The van der Waals surface area contributed by atoms with Gasteiger partial charge in [-0.25, -0.2) is 0 Å². The Balaban J connectivity index is 2.39. The third-order valence-electron chi connectivity index (χ3n) is 2.21. The van der Waals surface area contributed by atoms with Crippen molar-refractivity contribution in [3.63, 3.8) is 0 Å². The molecule has 58 valence electrons. The van der Waals surface area contributed by atoms with Gasteiger partial charge in [-0.05, 0) is 26.7 Å². The minimum absolute atomic E-state index is 0.587. The van der Waals surface area contributed by atoms with Crippen LogP contribution >= 0.6 is 0 Å². The van der Waals surface area contributed by atoms with Crippen LogP contribution in [0.2, 0.25) is 0 Å². The molecule has 1 fully saturated rings. The summed E-state index contributed by atoms with van der Waals surface area (Å²) >= 11 is 0. The summed E-state index contributed by atoms with van der Waals surface area (Å²) in [5.41, 5.74) is 1.28. The molecule has 1 heterocycles. The Bertz CT molecular complexity index is 129. The van der Waals surface area contributed by atoms with E-state index in [2.05, 4.69) is 25.7 Å². The van der Waals surface area contributed by atoms with Crippen LogP contribution in [0.3, 0.4) is 0 Å². The van der Waals surface area contributed by atoms with Gasteiger partial charge in [-0.3, -0.25) is 0 Å². The molecule has 0 saturated carbocycles. The molecule has 2 unspecified atom stereocenters. The molecule has 0 aliphatic carbocycles. The first kappa shape index (κ1) is 7.80. The first-order chi connectivity index (χ1) is 4.70. The fourth-order valence-corrected chi connectivity index (χ4v) is 1.53. The minimum atomic E-state index is 0.587. The molecular formula is C9H17N. The van der Waals surface area contributed by atoms with Crippen molar-refractivity contribution in [2.45, 2.75) is 45.2 Å². The predicted molar refractivity (Wildman–Crippen MR) is 45.1 cm³/mol. The van der Waals surface area contributed by atoms with E-state index in [1.807, 2.05) is 0 Å². The third kappa shape index (κ3) is 1.84. The quantitative estimate of drug-likeness (QED) is 0.548. The number of hydrogen-bond acceptors (Lipinski definition) is 1. The van der Waals surface area contributed by atoms with Crippen LogP contribution in [0.25, 0.3) is 0 Å². The number of rotatable bonds is 1. The summed E-state index contributed by atoms with van der Waals surface area (Å²) in [6, 6.07) is 1.28. The number of hydrogen-bond donors (Lipinski definition) is 1. The van der Waals surface area contributed by atoms with E-state index in [-0.39, 0.29) is 0 Å². The van der Waals surface area contributed by atoms with Gasteiger partial charge in [-0.1, -0.05) is 18.6 Å². The fraction of sp³-hybridized carbons (Fsp3) is 0.778. The molecule has 0 amide bonds. The first-order valence-electron chi connectivity index (χ1n) is 4.11. The minimum Gasteiger partial charge on any atom is -0.308 e. The van der Waals surface area contributed by atoms with Gasteiger partial charge in [-0.2, -0.15) is 0 Å². The highest BCUT2D eigenvalue weighted by Crippen LogP contribution is 2.16. The van der Waals surface area contributed by atoms with Gasteiger partial charge in [0, 0.05) is 12.1 Å². The van der Waals surface area contributed by atoms with E-state index in [1.54, 1.807) is 0 Å². The van der Waals surface area contributed by atoms with E-state index in [4.69, 9.17) is 0 Å². The molecule has 2 atom stereocenters. The largest absolute Gasteiger partial charge is 0.308 e. The second-order valence-corrected chi connectivity index (χ2v) is 3.40. The van der Waals surface area contributed by atoms with E-state index in [1.165, 1.54) is 24.8 Å². The van der Waals surface area contributed by atoms with E-state index >= 15 is 0 Å². The van der Waals surface area contributed by atoms with Crippen molar-refractivity contribution in [3.8, 4) is 0 Å². The van der Waals surface area contributed by atoms with Crippen molar-refractivity contribution < 1.29 is 0 Å². The van der Waals surface area contributed by atoms with Gasteiger partial charge in [0.15, 0.2) is 0 Å². The fourth-order valence-electron chi connectivity index (χ4n) is 1.53. The number of nitrogens with one attached hydrogen (secondary N) is 1. The molecule has 0 aromatic rings. The highest BCUT2D eigenvalue weighted by atomic mass is 15.0. The van der Waals surface area contributed by atoms with Crippen LogP contribution in [0.1, 0.15) is 33.1 Å². The molecule has 0 spiro atoms. The van der Waals surface area contributed by atoms with Crippen molar-refractivity contribution in [2.75, 3.05) is 0 Å². The van der Waals surface area contributed by atoms with Gasteiger partial charge in [0.1, 0.15) is 0 Å². The van der Waals surface area contributed by atoms with Crippen molar-refractivity contribution in [3.05, 3.63) is 12.2 Å². The zero-order valence-corrected chi connectivity index (χ0v) is 6.98. The van der Waals surface area contributed by atoms with Gasteiger partial charge in [0.25, 0.3) is 0 Å². The lowest BCUT2D eigenvalue weighted by atomic mass is 9.96. The monoisotopic (exact) mass is 139 g/mol. The standard InChI is InChI=1S/C9H17N/c1-7(2)9-6-4-5-8(3)10-9/h8-10H,1,4-6H2,2-3H3. The molecule has 0 aromatic carbocycles. The predicted octanol–water partition coefficient (Wildman–Crippen LogP) is 2.09. The van der Waals surface area contributed by atoms with E-state index in [0.29, 0.717) is 12.1 Å². The molecular weight excluding hydrogens is 122 g/mol. The van der Waals surface area contributed by atoms with Crippen molar-refractivity contribution in [2.24, 2.45) is 0 Å². The summed E-state index contributed by atoms with van der Waals surface area (Å²) in [6.07, 6.45) is 3.95. The van der Waals surface area contributed by atoms with Gasteiger partial charge < -0.3 is 5.32 Å². The molecule has 0 radical (unpaired) electrons. The Morgan fingerprint density at radius 1 is 1.50 bits per heavy atom. The molecule has 1 saturated heterocycles. The van der Waals surface area contributed by atoms with Crippen LogP contribution in [-0.2, 0) is 0 Å². The van der Waals surface area contributed by atoms with E-state index < -0.39 is 0 Å². The molecule has 1 aliphatic rings. The maximum Gasteiger partial charge on any atom is 0.0276 e. The van der Waals surface area contributed by atoms with Crippen molar-refractivity contribution >= 4 is 0 Å². The van der Waals surface area contributed by atoms with Crippen LogP contribution in [0.15, 0.2) is 12.2 Å². The van der Waals surface area contributed by atoms with Crippen LogP contribution in [-0.4, -0.2) is 12.1 Å². The Morgan fingerprint density at radius 3 is 2.60 bits per heavy atom. The average molecular weight is 139 g/mol. The Hall–Kier alpha value is -0.300. The number of piperidine rings is 1. The second kappa shape index (κ2) is 3.20. The lowest BCUT2D eigenvalue weighted by Crippen LogP contribution is -2.40. The summed E-state index contributed by atoms with van der Waals surface area (Å²) in [5, 5.41) is 3.52.